The van der Waals surface area contributed by atoms with Crippen LogP contribution in [0, 0.1) is 11.3 Å². The van der Waals surface area contributed by atoms with Crippen LogP contribution in [0.25, 0.3) is 0 Å². The van der Waals surface area contributed by atoms with Crippen molar-refractivity contribution in [2.75, 3.05) is 11.4 Å². The first-order chi connectivity index (χ1) is 9.37. The number of benzene rings is 1. The van der Waals surface area contributed by atoms with Gasteiger partial charge in [-0.05, 0) is 12.1 Å². The topological polar surface area (TPSA) is 64.3 Å². The van der Waals surface area contributed by atoms with E-state index in [1.54, 1.807) is 6.07 Å². The second-order valence-corrected chi connectivity index (χ2v) is 5.13. The monoisotopic (exact) mass is 308 g/mol. The summed E-state index contributed by atoms with van der Waals surface area (Å²) in [7, 11) is 0. The molecular weight excluding hydrogens is 299 g/mol. The quantitative estimate of drug-likeness (QED) is 0.690. The van der Waals surface area contributed by atoms with Gasteiger partial charge in [0.15, 0.2) is 0 Å². The van der Waals surface area contributed by atoms with Gasteiger partial charge in [-0.3, -0.25) is 4.79 Å². The number of carbonyl (C=O) groups excluding carboxylic acids is 1. The number of halogens is 2. The van der Waals surface area contributed by atoms with Gasteiger partial charge in [-0.25, -0.2) is 0 Å². The highest BCUT2D eigenvalue weighted by atomic mass is 35.5. The van der Waals surface area contributed by atoms with Crippen LogP contribution >= 0.6 is 23.2 Å². The summed E-state index contributed by atoms with van der Waals surface area (Å²) in [6, 6.07) is 4.59. The third-order valence-corrected chi connectivity index (χ3v) is 3.63. The fourth-order valence-electron chi connectivity index (χ4n) is 2.20. The number of aliphatic hydroxyl groups is 1. The molecule has 0 spiro atoms. The van der Waals surface area contributed by atoms with Gasteiger partial charge in [-0.15, -0.1) is 6.58 Å². The molecule has 1 atom stereocenters. The van der Waals surface area contributed by atoms with Crippen LogP contribution in [0.4, 0.5) is 5.69 Å². The standard InChI is InChI=1S/C14H10Cl2N2O2/c1-3-4-18-12-10(5-9(15)6-11(12)16)14(20,13(18)19)8(2)7-17/h3,5-6,20H,1-2,4H2. The van der Waals surface area contributed by atoms with E-state index in [0.29, 0.717) is 5.69 Å². The molecule has 0 bridgehead atoms. The Morgan fingerprint density at radius 2 is 2.20 bits per heavy atom. The molecule has 1 aromatic rings. The van der Waals surface area contributed by atoms with Crippen LogP contribution in [0.3, 0.4) is 0 Å². The fourth-order valence-corrected chi connectivity index (χ4v) is 2.80. The van der Waals surface area contributed by atoms with Gasteiger partial charge in [0.1, 0.15) is 0 Å². The van der Waals surface area contributed by atoms with Gasteiger partial charge in [0, 0.05) is 17.1 Å². The Morgan fingerprint density at radius 1 is 1.55 bits per heavy atom. The molecule has 6 heteroatoms. The lowest BCUT2D eigenvalue weighted by Gasteiger charge is -2.21. The minimum absolute atomic E-state index is 0.147. The van der Waals surface area contributed by atoms with Gasteiger partial charge in [-0.1, -0.05) is 35.9 Å². The van der Waals surface area contributed by atoms with Crippen LogP contribution < -0.4 is 4.90 Å². The number of hydrogen-bond donors (Lipinski definition) is 1. The third kappa shape index (κ3) is 1.83. The van der Waals surface area contributed by atoms with Crippen LogP contribution in [-0.2, 0) is 10.4 Å². The number of carbonyl (C=O) groups is 1. The summed E-state index contributed by atoms with van der Waals surface area (Å²) < 4.78 is 0. The van der Waals surface area contributed by atoms with Crippen molar-refractivity contribution in [3.63, 3.8) is 0 Å². The lowest BCUT2D eigenvalue weighted by molar-refractivity contribution is -0.132. The van der Waals surface area contributed by atoms with Crippen molar-refractivity contribution < 1.29 is 9.90 Å². The largest absolute Gasteiger partial charge is 0.371 e. The van der Waals surface area contributed by atoms with Gasteiger partial charge in [0.25, 0.3) is 5.91 Å². The Labute approximate surface area is 126 Å². The Morgan fingerprint density at radius 3 is 2.75 bits per heavy atom. The zero-order valence-electron chi connectivity index (χ0n) is 10.4. The van der Waals surface area contributed by atoms with Gasteiger partial charge in [-0.2, -0.15) is 5.26 Å². The average Bonchev–Trinajstić information content (AvgIpc) is 2.61. The Bertz CT molecular complexity index is 678. The second kappa shape index (κ2) is 4.95. The number of fused-ring (bicyclic) bond motifs is 1. The van der Waals surface area contributed by atoms with E-state index in [4.69, 9.17) is 28.5 Å². The lowest BCUT2D eigenvalue weighted by Crippen LogP contribution is -2.41. The van der Waals surface area contributed by atoms with Crippen LogP contribution in [0.15, 0.2) is 36.9 Å². The van der Waals surface area contributed by atoms with Crippen molar-refractivity contribution in [2.24, 2.45) is 0 Å². The molecule has 1 N–H and O–H groups in total. The van der Waals surface area contributed by atoms with E-state index in [1.807, 2.05) is 0 Å². The maximum Gasteiger partial charge on any atom is 0.269 e. The normalized spacial score (nSPS) is 20.5. The van der Waals surface area contributed by atoms with Crippen LogP contribution in [-0.4, -0.2) is 17.6 Å². The van der Waals surface area contributed by atoms with E-state index in [0.717, 1.165) is 0 Å². The van der Waals surface area contributed by atoms with Crippen LogP contribution in [0.1, 0.15) is 5.56 Å². The first kappa shape index (κ1) is 14.6. The maximum absolute atomic E-state index is 12.5. The van der Waals surface area contributed by atoms with Crippen molar-refractivity contribution >= 4 is 34.8 Å². The molecule has 1 unspecified atom stereocenters. The zero-order chi connectivity index (χ0) is 15.1. The van der Waals surface area contributed by atoms with Crippen molar-refractivity contribution in [3.8, 4) is 6.07 Å². The van der Waals surface area contributed by atoms with E-state index in [9.17, 15) is 9.90 Å². The van der Waals surface area contributed by atoms with E-state index >= 15 is 0 Å². The molecule has 1 aliphatic rings. The smallest absolute Gasteiger partial charge is 0.269 e. The number of nitriles is 1. The maximum atomic E-state index is 12.5. The summed E-state index contributed by atoms with van der Waals surface area (Å²) >= 11 is 12.0. The second-order valence-electron chi connectivity index (χ2n) is 4.29. The number of hydrogen-bond acceptors (Lipinski definition) is 3. The molecule has 0 saturated carbocycles. The first-order valence-electron chi connectivity index (χ1n) is 5.62. The highest BCUT2D eigenvalue weighted by Crippen LogP contribution is 2.48. The Kier molecular flexibility index (Phi) is 3.61. The fraction of sp³-hybridized carbons (Fsp3) is 0.143. The summed E-state index contributed by atoms with van der Waals surface area (Å²) in [6.07, 6.45) is 1.49. The number of nitrogens with zero attached hydrogens (tertiary/aromatic N) is 2. The van der Waals surface area contributed by atoms with Gasteiger partial charge in [0.05, 0.1) is 22.4 Å². The number of rotatable bonds is 3. The first-order valence-corrected chi connectivity index (χ1v) is 6.37. The molecule has 0 saturated heterocycles. The van der Waals surface area contributed by atoms with Crippen molar-refractivity contribution in [1.29, 1.82) is 5.26 Å². The average molecular weight is 309 g/mol. The van der Waals surface area contributed by atoms with Crippen LogP contribution in [0.5, 0.6) is 0 Å². The molecule has 0 aromatic heterocycles. The van der Waals surface area contributed by atoms with Gasteiger partial charge in [0.2, 0.25) is 5.60 Å². The van der Waals surface area contributed by atoms with E-state index in [-0.39, 0.29) is 27.7 Å². The molecule has 1 heterocycles. The van der Waals surface area contributed by atoms with E-state index in [1.165, 1.54) is 23.1 Å². The van der Waals surface area contributed by atoms with Crippen LogP contribution in [0.2, 0.25) is 10.0 Å². The molecule has 1 amide bonds. The summed E-state index contributed by atoms with van der Waals surface area (Å²) in [5, 5.41) is 20.1. The number of amides is 1. The number of anilines is 1. The van der Waals surface area contributed by atoms with E-state index < -0.39 is 11.5 Å². The third-order valence-electron chi connectivity index (χ3n) is 3.13. The van der Waals surface area contributed by atoms with Gasteiger partial charge < -0.3 is 10.0 Å². The molecule has 0 aliphatic carbocycles. The predicted molar refractivity (Wildman–Crippen MR) is 77.7 cm³/mol. The molecule has 1 aliphatic heterocycles. The summed E-state index contributed by atoms with van der Waals surface area (Å²) in [5.41, 5.74) is -1.94. The molecule has 4 nitrogen and oxygen atoms in total. The SMILES string of the molecule is C=CCN1C(=O)C(O)(C(=C)C#N)c2cc(Cl)cc(Cl)c21. The summed E-state index contributed by atoms with van der Waals surface area (Å²) in [6.45, 7) is 7.17. The molecule has 1 aromatic carbocycles. The molecule has 102 valence electrons. The molecule has 20 heavy (non-hydrogen) atoms. The Hall–Kier alpha value is -1.80. The van der Waals surface area contributed by atoms with Gasteiger partial charge >= 0.3 is 0 Å². The van der Waals surface area contributed by atoms with Crippen molar-refractivity contribution in [3.05, 3.63) is 52.5 Å². The lowest BCUT2D eigenvalue weighted by atomic mass is 9.89. The summed E-state index contributed by atoms with van der Waals surface area (Å²) in [4.78, 5) is 13.7. The minimum Gasteiger partial charge on any atom is -0.371 e. The highest BCUT2D eigenvalue weighted by Gasteiger charge is 2.52. The van der Waals surface area contributed by atoms with Crippen molar-refractivity contribution in [1.82, 2.24) is 0 Å². The highest BCUT2D eigenvalue weighted by molar-refractivity contribution is 6.38. The summed E-state index contributed by atoms with van der Waals surface area (Å²) in [5.74, 6) is -0.692. The Balaban J connectivity index is 2.79. The molecule has 0 radical (unpaired) electrons. The predicted octanol–water partition coefficient (Wildman–Crippen LogP) is 2.79. The molecular formula is C14H10Cl2N2O2. The van der Waals surface area contributed by atoms with E-state index in [2.05, 4.69) is 13.2 Å². The zero-order valence-corrected chi connectivity index (χ0v) is 11.9. The molecule has 0 fully saturated rings. The minimum atomic E-state index is -2.14. The molecule has 2 rings (SSSR count). The van der Waals surface area contributed by atoms with Crippen molar-refractivity contribution in [2.45, 2.75) is 5.60 Å².